The number of nitrogens with one attached hydrogen (secondary N) is 1. The van der Waals surface area contributed by atoms with Crippen LogP contribution in [0.1, 0.15) is 68.7 Å². The van der Waals surface area contributed by atoms with Crippen LogP contribution in [-0.4, -0.2) is 36.1 Å². The monoisotopic (exact) mass is 393 g/mol. The fraction of sp³-hybridized carbons (Fsp3) is 0.560. The van der Waals surface area contributed by atoms with Crippen LogP contribution in [0, 0.1) is 0 Å². The zero-order chi connectivity index (χ0) is 19.9. The van der Waals surface area contributed by atoms with Gasteiger partial charge in [0.05, 0.1) is 18.8 Å². The van der Waals surface area contributed by atoms with Crippen LogP contribution in [-0.2, 0) is 6.42 Å². The van der Waals surface area contributed by atoms with Crippen LogP contribution in [0.25, 0.3) is 0 Å². The van der Waals surface area contributed by atoms with E-state index in [2.05, 4.69) is 40.5 Å². The molecule has 1 N–H and O–H groups in total. The van der Waals surface area contributed by atoms with Crippen LogP contribution in [0.15, 0.2) is 42.5 Å². The molecule has 1 saturated heterocycles. The Kier molecular flexibility index (Phi) is 7.04. The zero-order valence-electron chi connectivity index (χ0n) is 17.8. The molecule has 1 saturated carbocycles. The van der Waals surface area contributed by atoms with Gasteiger partial charge in [-0.2, -0.15) is 0 Å². The lowest BCUT2D eigenvalue weighted by atomic mass is 9.93. The smallest absolute Gasteiger partial charge is 0.126 e. The number of pyridine rings is 1. The molecule has 1 aliphatic heterocycles. The Morgan fingerprint density at radius 1 is 1.00 bits per heavy atom. The van der Waals surface area contributed by atoms with E-state index in [0.29, 0.717) is 6.04 Å². The van der Waals surface area contributed by atoms with E-state index in [1.165, 1.54) is 62.7 Å². The lowest BCUT2D eigenvalue weighted by molar-refractivity contribution is 0.140. The summed E-state index contributed by atoms with van der Waals surface area (Å²) < 4.78 is 5.23. The van der Waals surface area contributed by atoms with Crippen molar-refractivity contribution in [1.29, 1.82) is 0 Å². The molecule has 2 fully saturated rings. The van der Waals surface area contributed by atoms with Gasteiger partial charge in [-0.15, -0.1) is 0 Å². The van der Waals surface area contributed by atoms with Gasteiger partial charge >= 0.3 is 0 Å². The van der Waals surface area contributed by atoms with Crippen LogP contribution in [0.4, 0.5) is 5.82 Å². The Hall–Kier alpha value is -2.07. The SMILES string of the molecule is COc1ccc(CCCNc2cccc([C@@H]3CCCN3C3CCCCC3)n2)cc1. The van der Waals surface area contributed by atoms with Gasteiger partial charge in [0, 0.05) is 12.6 Å². The van der Waals surface area contributed by atoms with E-state index < -0.39 is 0 Å². The Morgan fingerprint density at radius 3 is 2.62 bits per heavy atom. The largest absolute Gasteiger partial charge is 0.497 e. The third-order valence-electron chi connectivity index (χ3n) is 6.56. The van der Waals surface area contributed by atoms with Gasteiger partial charge in [0.1, 0.15) is 11.6 Å². The zero-order valence-corrected chi connectivity index (χ0v) is 17.8. The molecule has 0 unspecified atom stereocenters. The Morgan fingerprint density at radius 2 is 1.83 bits per heavy atom. The van der Waals surface area contributed by atoms with Gasteiger partial charge in [-0.1, -0.05) is 37.5 Å². The molecule has 1 atom stereocenters. The van der Waals surface area contributed by atoms with Gasteiger partial charge in [-0.3, -0.25) is 4.90 Å². The summed E-state index contributed by atoms with van der Waals surface area (Å²) in [5, 5.41) is 3.54. The van der Waals surface area contributed by atoms with E-state index in [1.807, 2.05) is 12.1 Å². The van der Waals surface area contributed by atoms with E-state index in [9.17, 15) is 0 Å². The quantitative estimate of drug-likeness (QED) is 0.592. The van der Waals surface area contributed by atoms with E-state index in [4.69, 9.17) is 9.72 Å². The summed E-state index contributed by atoms with van der Waals surface area (Å²) in [5.74, 6) is 1.94. The number of nitrogens with zero attached hydrogens (tertiary/aromatic N) is 2. The number of hydrogen-bond donors (Lipinski definition) is 1. The second-order valence-electron chi connectivity index (χ2n) is 8.51. The molecule has 1 aromatic heterocycles. The highest BCUT2D eigenvalue weighted by Crippen LogP contribution is 2.37. The maximum Gasteiger partial charge on any atom is 0.126 e. The molecule has 0 spiro atoms. The van der Waals surface area contributed by atoms with Crippen molar-refractivity contribution in [3.8, 4) is 5.75 Å². The maximum atomic E-state index is 5.23. The van der Waals surface area contributed by atoms with E-state index >= 15 is 0 Å². The van der Waals surface area contributed by atoms with Crippen molar-refractivity contribution >= 4 is 5.82 Å². The summed E-state index contributed by atoms with van der Waals surface area (Å²) in [5.41, 5.74) is 2.61. The molecule has 0 radical (unpaired) electrons. The summed E-state index contributed by atoms with van der Waals surface area (Å²) in [4.78, 5) is 7.76. The van der Waals surface area contributed by atoms with Crippen molar-refractivity contribution in [3.05, 3.63) is 53.7 Å². The van der Waals surface area contributed by atoms with E-state index in [-0.39, 0.29) is 0 Å². The second-order valence-corrected chi connectivity index (χ2v) is 8.51. The number of hydrogen-bond acceptors (Lipinski definition) is 4. The number of benzene rings is 1. The fourth-order valence-corrected chi connectivity index (χ4v) is 4.99. The predicted molar refractivity (Wildman–Crippen MR) is 120 cm³/mol. The average molecular weight is 394 g/mol. The lowest BCUT2D eigenvalue weighted by Crippen LogP contribution is -2.36. The minimum atomic E-state index is 0.513. The second kappa shape index (κ2) is 10.1. The Balaban J connectivity index is 1.30. The van der Waals surface area contributed by atoms with Gasteiger partial charge in [0.15, 0.2) is 0 Å². The highest BCUT2D eigenvalue weighted by atomic mass is 16.5. The first-order valence-electron chi connectivity index (χ1n) is 11.4. The summed E-state index contributed by atoms with van der Waals surface area (Å²) in [6.07, 6.45) is 11.7. The molecule has 1 aromatic carbocycles. The van der Waals surface area contributed by atoms with Gasteiger partial charge in [0.2, 0.25) is 0 Å². The number of anilines is 1. The Bertz CT molecular complexity index is 755. The number of methoxy groups -OCH3 is 1. The number of likely N-dealkylation sites (tertiary alicyclic amines) is 1. The summed E-state index contributed by atoms with van der Waals surface area (Å²) in [7, 11) is 1.71. The number of rotatable bonds is 8. The topological polar surface area (TPSA) is 37.4 Å². The van der Waals surface area contributed by atoms with Crippen LogP contribution >= 0.6 is 0 Å². The van der Waals surface area contributed by atoms with Crippen molar-refractivity contribution in [2.24, 2.45) is 0 Å². The average Bonchev–Trinajstić information content (AvgIpc) is 3.28. The summed E-state index contributed by atoms with van der Waals surface area (Å²) in [6, 6.07) is 16.2. The summed E-state index contributed by atoms with van der Waals surface area (Å²) >= 11 is 0. The van der Waals surface area contributed by atoms with Crippen molar-refractivity contribution in [2.75, 3.05) is 25.5 Å². The molecule has 0 bridgehead atoms. The van der Waals surface area contributed by atoms with Crippen molar-refractivity contribution in [2.45, 2.75) is 69.9 Å². The highest BCUT2D eigenvalue weighted by molar-refractivity contribution is 5.36. The standard InChI is InChI=1S/C25H35N3O/c1-29-22-16-14-20(15-17-22)8-6-18-26-25-13-5-11-23(27-25)24-12-7-19-28(24)21-9-3-2-4-10-21/h5,11,13-17,21,24H,2-4,6-10,12,18-19H2,1H3,(H,26,27)/t24-/m0/s1. The Labute approximate surface area is 175 Å². The third-order valence-corrected chi connectivity index (χ3v) is 6.56. The number of ether oxygens (including phenoxy) is 1. The fourth-order valence-electron chi connectivity index (χ4n) is 4.99. The maximum absolute atomic E-state index is 5.23. The number of aromatic nitrogens is 1. The van der Waals surface area contributed by atoms with Crippen LogP contribution in [0.3, 0.4) is 0 Å². The molecule has 0 amide bonds. The molecule has 4 nitrogen and oxygen atoms in total. The molecule has 2 aromatic rings. The minimum absolute atomic E-state index is 0.513. The van der Waals surface area contributed by atoms with Gasteiger partial charge in [-0.05, 0) is 74.9 Å². The molecule has 2 aliphatic rings. The molecular formula is C25H35N3O. The van der Waals surface area contributed by atoms with Gasteiger partial charge < -0.3 is 10.1 Å². The molecule has 29 heavy (non-hydrogen) atoms. The van der Waals surface area contributed by atoms with E-state index in [0.717, 1.165) is 37.0 Å². The van der Waals surface area contributed by atoms with Crippen LogP contribution < -0.4 is 10.1 Å². The van der Waals surface area contributed by atoms with Gasteiger partial charge in [-0.25, -0.2) is 4.98 Å². The third kappa shape index (κ3) is 5.30. The van der Waals surface area contributed by atoms with Crippen LogP contribution in [0.5, 0.6) is 5.75 Å². The van der Waals surface area contributed by atoms with Crippen LogP contribution in [0.2, 0.25) is 0 Å². The number of aryl methyl sites for hydroxylation is 1. The first kappa shape index (κ1) is 20.2. The highest BCUT2D eigenvalue weighted by Gasteiger charge is 2.33. The normalized spacial score (nSPS) is 20.7. The predicted octanol–water partition coefficient (Wildman–Crippen LogP) is 5.60. The molecular weight excluding hydrogens is 358 g/mol. The molecule has 2 heterocycles. The van der Waals surface area contributed by atoms with Crippen molar-refractivity contribution in [1.82, 2.24) is 9.88 Å². The molecule has 156 valence electrons. The van der Waals surface area contributed by atoms with Gasteiger partial charge in [0.25, 0.3) is 0 Å². The minimum Gasteiger partial charge on any atom is -0.497 e. The first-order valence-corrected chi connectivity index (χ1v) is 11.4. The van der Waals surface area contributed by atoms with Crippen molar-refractivity contribution in [3.63, 3.8) is 0 Å². The molecule has 4 heteroatoms. The lowest BCUT2D eigenvalue weighted by Gasteiger charge is -2.35. The molecule has 1 aliphatic carbocycles. The first-order chi connectivity index (χ1) is 14.3. The summed E-state index contributed by atoms with van der Waals surface area (Å²) in [6.45, 7) is 2.19. The van der Waals surface area contributed by atoms with E-state index in [1.54, 1.807) is 7.11 Å². The van der Waals surface area contributed by atoms with Crippen molar-refractivity contribution < 1.29 is 4.74 Å². The molecule has 4 rings (SSSR count).